The van der Waals surface area contributed by atoms with Gasteiger partial charge in [-0.3, -0.25) is 0 Å². The maximum absolute atomic E-state index is 13.3. The van der Waals surface area contributed by atoms with Crippen molar-refractivity contribution in [1.82, 2.24) is 14.9 Å². The summed E-state index contributed by atoms with van der Waals surface area (Å²) in [5.41, 5.74) is 3.08. The molecule has 0 atom stereocenters. The number of fused-ring (bicyclic) bond motifs is 1. The van der Waals surface area contributed by atoms with Gasteiger partial charge in [-0.1, -0.05) is 12.1 Å². The molecule has 2 aromatic carbocycles. The van der Waals surface area contributed by atoms with Crippen molar-refractivity contribution < 1.29 is 13.2 Å². The minimum atomic E-state index is -3.59. The molecule has 0 amide bonds. The van der Waals surface area contributed by atoms with Gasteiger partial charge in [-0.05, 0) is 63.5 Å². The Morgan fingerprint density at radius 2 is 1.69 bits per heavy atom. The van der Waals surface area contributed by atoms with Crippen LogP contribution >= 0.6 is 11.3 Å². The third-order valence-corrected chi connectivity index (χ3v) is 10.3. The highest BCUT2D eigenvalue weighted by atomic mass is 32.2. The highest BCUT2D eigenvalue weighted by Crippen LogP contribution is 2.37. The van der Waals surface area contributed by atoms with Crippen LogP contribution in [0.15, 0.2) is 58.8 Å². The molecule has 0 unspecified atom stereocenters. The molecule has 0 spiro atoms. The monoisotopic (exact) mass is 566 g/mol. The number of rotatable bonds is 7. The number of nitrogens with one attached hydrogen (secondary N) is 2. The number of hydrogen-bond donors (Lipinski definition) is 2. The number of benzene rings is 2. The van der Waals surface area contributed by atoms with Crippen molar-refractivity contribution in [2.24, 2.45) is 0 Å². The van der Waals surface area contributed by atoms with Gasteiger partial charge in [0.15, 0.2) is 15.7 Å². The van der Waals surface area contributed by atoms with Crippen LogP contribution in [-0.2, 0) is 9.84 Å². The lowest BCUT2D eigenvalue weighted by molar-refractivity contribution is 0.312. The van der Waals surface area contributed by atoms with Gasteiger partial charge in [0.25, 0.3) is 0 Å². The van der Waals surface area contributed by atoms with E-state index < -0.39 is 14.6 Å². The largest absolute Gasteiger partial charge is 0.494 e. The summed E-state index contributed by atoms with van der Waals surface area (Å²) in [4.78, 5) is 14.4. The molecule has 1 aliphatic heterocycles. The molecule has 4 aromatic rings. The van der Waals surface area contributed by atoms with Gasteiger partial charge in [-0.2, -0.15) is 4.98 Å². The van der Waals surface area contributed by atoms with Gasteiger partial charge in [-0.15, -0.1) is 11.3 Å². The van der Waals surface area contributed by atoms with Crippen molar-refractivity contribution in [3.05, 3.63) is 53.9 Å². The van der Waals surface area contributed by atoms with E-state index in [2.05, 4.69) is 33.5 Å². The van der Waals surface area contributed by atoms with Crippen LogP contribution in [-0.4, -0.2) is 68.4 Å². The average Bonchev–Trinajstić information content (AvgIpc) is 3.38. The molecule has 1 aliphatic rings. The zero-order valence-electron chi connectivity index (χ0n) is 22.9. The van der Waals surface area contributed by atoms with Crippen molar-refractivity contribution in [3.63, 3.8) is 0 Å². The Balaban J connectivity index is 1.47. The molecule has 39 heavy (non-hydrogen) atoms. The average molecular weight is 567 g/mol. The summed E-state index contributed by atoms with van der Waals surface area (Å²) in [6, 6.07) is 14.9. The second-order valence-electron chi connectivity index (χ2n) is 10.6. The van der Waals surface area contributed by atoms with Crippen LogP contribution in [0.1, 0.15) is 20.8 Å². The maximum atomic E-state index is 13.3. The molecule has 3 heterocycles. The van der Waals surface area contributed by atoms with Gasteiger partial charge in [0.1, 0.15) is 5.75 Å². The molecular weight excluding hydrogens is 532 g/mol. The predicted molar refractivity (Wildman–Crippen MR) is 160 cm³/mol. The van der Waals surface area contributed by atoms with Gasteiger partial charge in [0, 0.05) is 37.9 Å². The topological polar surface area (TPSA) is 99.7 Å². The summed E-state index contributed by atoms with van der Waals surface area (Å²) in [5.74, 6) is 1.60. The quantitative estimate of drug-likeness (QED) is 0.300. The number of thiophene rings is 1. The fraction of sp³-hybridized carbons (Fsp3) is 0.357. The van der Waals surface area contributed by atoms with E-state index in [0.717, 1.165) is 47.8 Å². The molecule has 5 rings (SSSR count). The first-order chi connectivity index (χ1) is 18.6. The molecule has 0 aliphatic carbocycles. The van der Waals surface area contributed by atoms with E-state index in [1.54, 1.807) is 46.1 Å². The van der Waals surface area contributed by atoms with Gasteiger partial charge < -0.3 is 25.2 Å². The number of methoxy groups -OCH3 is 1. The Kier molecular flexibility index (Phi) is 7.41. The van der Waals surface area contributed by atoms with Crippen molar-refractivity contribution >= 4 is 60.2 Å². The SMILES string of the molecule is COc1cc(N2CCN(C)CC2)ccc1Nc1nc(Nc2ccccc2S(=O)(=O)C(C)(C)C)c2sccc2n1. The standard InChI is InChI=1S/C28H34N6O3S2/c1-28(2,3)39(35,36)24-9-7-6-8-21(24)29-26-25-22(12-17-38-25)31-27(32-26)30-20-11-10-19(18-23(20)37-5)34-15-13-33(4)14-16-34/h6-12,17-18H,13-16H2,1-5H3,(H2,29,30,31,32). The second-order valence-corrected chi connectivity index (χ2v) is 14.2. The van der Waals surface area contributed by atoms with E-state index in [0.29, 0.717) is 23.2 Å². The normalized spacial score (nSPS) is 14.9. The molecule has 206 valence electrons. The number of nitrogens with zero attached hydrogens (tertiary/aromatic N) is 4. The first kappa shape index (κ1) is 27.2. The third kappa shape index (κ3) is 5.52. The van der Waals surface area contributed by atoms with E-state index in [-0.39, 0.29) is 4.90 Å². The van der Waals surface area contributed by atoms with Crippen molar-refractivity contribution in [2.45, 2.75) is 30.4 Å². The van der Waals surface area contributed by atoms with E-state index in [1.165, 1.54) is 11.3 Å². The maximum Gasteiger partial charge on any atom is 0.229 e. The van der Waals surface area contributed by atoms with E-state index in [1.807, 2.05) is 29.6 Å². The zero-order chi connectivity index (χ0) is 27.8. The number of hydrogen-bond acceptors (Lipinski definition) is 10. The number of anilines is 5. The lowest BCUT2D eigenvalue weighted by Crippen LogP contribution is -2.44. The summed E-state index contributed by atoms with van der Waals surface area (Å²) in [7, 11) is 0.196. The van der Waals surface area contributed by atoms with E-state index in [4.69, 9.17) is 14.7 Å². The highest BCUT2D eigenvalue weighted by Gasteiger charge is 2.33. The predicted octanol–water partition coefficient (Wildman–Crippen LogP) is 5.51. The minimum absolute atomic E-state index is 0.233. The highest BCUT2D eigenvalue weighted by molar-refractivity contribution is 7.93. The van der Waals surface area contributed by atoms with Crippen LogP contribution in [0, 0.1) is 0 Å². The minimum Gasteiger partial charge on any atom is -0.494 e. The molecule has 2 N–H and O–H groups in total. The van der Waals surface area contributed by atoms with Gasteiger partial charge in [-0.25, -0.2) is 13.4 Å². The molecule has 11 heteroatoms. The fourth-order valence-electron chi connectivity index (χ4n) is 4.43. The summed E-state index contributed by atoms with van der Waals surface area (Å²) in [6.45, 7) is 9.07. The molecular formula is C28H34N6O3S2. The number of piperazine rings is 1. The van der Waals surface area contributed by atoms with Crippen LogP contribution in [0.25, 0.3) is 10.2 Å². The Bertz CT molecular complexity index is 1590. The second kappa shape index (κ2) is 10.6. The molecule has 2 aromatic heterocycles. The summed E-state index contributed by atoms with van der Waals surface area (Å²) in [6.07, 6.45) is 0. The molecule has 0 radical (unpaired) electrons. The van der Waals surface area contributed by atoms with Gasteiger partial charge in [0.05, 0.1) is 38.3 Å². The van der Waals surface area contributed by atoms with Crippen molar-refractivity contribution in [2.75, 3.05) is 55.9 Å². The molecule has 9 nitrogen and oxygen atoms in total. The van der Waals surface area contributed by atoms with Gasteiger partial charge in [0.2, 0.25) is 5.95 Å². The number of ether oxygens (including phenoxy) is 1. The Morgan fingerprint density at radius 1 is 0.949 bits per heavy atom. The summed E-state index contributed by atoms with van der Waals surface area (Å²) < 4.78 is 32.2. The molecule has 1 fully saturated rings. The lowest BCUT2D eigenvalue weighted by atomic mass is 10.2. The number of aromatic nitrogens is 2. The Labute approximate surface area is 233 Å². The van der Waals surface area contributed by atoms with E-state index in [9.17, 15) is 8.42 Å². The zero-order valence-corrected chi connectivity index (χ0v) is 24.5. The van der Waals surface area contributed by atoms with Crippen molar-refractivity contribution in [3.8, 4) is 5.75 Å². The van der Waals surface area contributed by atoms with Crippen LogP contribution in [0.5, 0.6) is 5.75 Å². The fourth-order valence-corrected chi connectivity index (χ4v) is 6.53. The molecule has 0 bridgehead atoms. The number of para-hydroxylation sites is 1. The first-order valence-electron chi connectivity index (χ1n) is 12.8. The van der Waals surface area contributed by atoms with Crippen LogP contribution in [0.4, 0.5) is 28.8 Å². The Morgan fingerprint density at radius 3 is 2.41 bits per heavy atom. The smallest absolute Gasteiger partial charge is 0.229 e. The molecule has 0 saturated carbocycles. The van der Waals surface area contributed by atoms with Crippen molar-refractivity contribution in [1.29, 1.82) is 0 Å². The van der Waals surface area contributed by atoms with Crippen LogP contribution < -0.4 is 20.3 Å². The summed E-state index contributed by atoms with van der Waals surface area (Å²) in [5, 5.41) is 8.54. The Hall–Kier alpha value is -3.41. The molecule has 1 saturated heterocycles. The number of likely N-dealkylation sites (N-methyl/N-ethyl adjacent to an activating group) is 1. The lowest BCUT2D eigenvalue weighted by Gasteiger charge is -2.34. The van der Waals surface area contributed by atoms with Crippen LogP contribution in [0.2, 0.25) is 0 Å². The summed E-state index contributed by atoms with van der Waals surface area (Å²) >= 11 is 1.49. The first-order valence-corrected chi connectivity index (χ1v) is 15.2. The van der Waals surface area contributed by atoms with Gasteiger partial charge >= 0.3 is 0 Å². The number of sulfone groups is 1. The van der Waals surface area contributed by atoms with E-state index >= 15 is 0 Å². The van der Waals surface area contributed by atoms with Crippen LogP contribution in [0.3, 0.4) is 0 Å². The third-order valence-electron chi connectivity index (χ3n) is 6.84.